The number of aryl methyl sites for hydroxylation is 1. The van der Waals surface area contributed by atoms with E-state index in [9.17, 15) is 10.1 Å². The van der Waals surface area contributed by atoms with Crippen LogP contribution >= 0.6 is 11.6 Å². The van der Waals surface area contributed by atoms with E-state index >= 15 is 0 Å². The molecule has 6 heteroatoms. The number of nitrogens with zero attached hydrogens (tertiary/aromatic N) is 2. The second-order valence-corrected chi connectivity index (χ2v) is 6.09. The summed E-state index contributed by atoms with van der Waals surface area (Å²) in [6.07, 6.45) is 1.54. The third kappa shape index (κ3) is 3.54. The predicted molar refractivity (Wildman–Crippen MR) is 100 cm³/mol. The molecular weight excluding hydrogens is 336 g/mol. The van der Waals surface area contributed by atoms with Gasteiger partial charge in [-0.2, -0.15) is 5.26 Å². The maximum Gasteiger partial charge on any atom is 0.221 e. The van der Waals surface area contributed by atoms with Gasteiger partial charge in [-0.25, -0.2) is 0 Å². The van der Waals surface area contributed by atoms with Crippen LogP contribution in [0.5, 0.6) is 0 Å². The van der Waals surface area contributed by atoms with Gasteiger partial charge in [-0.3, -0.25) is 9.78 Å². The number of anilines is 3. The zero-order valence-corrected chi connectivity index (χ0v) is 14.5. The molecule has 2 N–H and O–H groups in total. The second-order valence-electron chi connectivity index (χ2n) is 5.66. The Kier molecular flexibility index (Phi) is 4.55. The SMILES string of the molecule is CC(=O)Nc1cc2c(Nc3ccc(Cl)cc3)c(C#N)cnc2cc1C. The molecule has 5 nitrogen and oxygen atoms in total. The van der Waals surface area contributed by atoms with Crippen LogP contribution in [0, 0.1) is 18.3 Å². The summed E-state index contributed by atoms with van der Waals surface area (Å²) in [5.41, 5.74) is 4.19. The summed E-state index contributed by atoms with van der Waals surface area (Å²) in [6.45, 7) is 3.36. The lowest BCUT2D eigenvalue weighted by atomic mass is 10.1. The fourth-order valence-electron chi connectivity index (χ4n) is 2.56. The number of fused-ring (bicyclic) bond motifs is 1. The molecule has 0 spiro atoms. The third-order valence-corrected chi connectivity index (χ3v) is 4.01. The molecule has 3 aromatic rings. The van der Waals surface area contributed by atoms with E-state index in [4.69, 9.17) is 11.6 Å². The summed E-state index contributed by atoms with van der Waals surface area (Å²) in [6, 6.07) is 13.1. The molecule has 2 aromatic carbocycles. The number of amides is 1. The normalized spacial score (nSPS) is 10.3. The Labute approximate surface area is 150 Å². The molecule has 0 fully saturated rings. The maximum atomic E-state index is 11.4. The standard InChI is InChI=1S/C19H15ClN4O/c1-11-7-18-16(8-17(11)23-12(2)25)19(13(9-21)10-22-18)24-15-5-3-14(20)4-6-15/h3-8,10H,1-2H3,(H,22,24)(H,23,25). The first-order valence-corrected chi connectivity index (χ1v) is 7.99. The minimum absolute atomic E-state index is 0.154. The summed E-state index contributed by atoms with van der Waals surface area (Å²) in [5.74, 6) is -0.154. The van der Waals surface area contributed by atoms with E-state index in [2.05, 4.69) is 21.7 Å². The Balaban J connectivity index is 2.18. The highest BCUT2D eigenvalue weighted by molar-refractivity contribution is 6.30. The van der Waals surface area contributed by atoms with Crippen LogP contribution in [-0.4, -0.2) is 10.9 Å². The van der Waals surface area contributed by atoms with Gasteiger partial charge in [0.25, 0.3) is 0 Å². The van der Waals surface area contributed by atoms with Crippen LogP contribution in [-0.2, 0) is 4.79 Å². The molecule has 0 radical (unpaired) electrons. The van der Waals surface area contributed by atoms with Gasteiger partial charge in [0.1, 0.15) is 6.07 Å². The summed E-state index contributed by atoms with van der Waals surface area (Å²) in [5, 5.41) is 16.9. The van der Waals surface area contributed by atoms with Crippen LogP contribution in [0.3, 0.4) is 0 Å². The minimum atomic E-state index is -0.154. The highest BCUT2D eigenvalue weighted by atomic mass is 35.5. The van der Waals surface area contributed by atoms with Crippen molar-refractivity contribution in [3.63, 3.8) is 0 Å². The van der Waals surface area contributed by atoms with Crippen molar-refractivity contribution in [3.05, 3.63) is 58.7 Å². The van der Waals surface area contributed by atoms with Gasteiger partial charge in [-0.1, -0.05) is 11.6 Å². The van der Waals surface area contributed by atoms with Gasteiger partial charge in [0.05, 0.1) is 16.8 Å². The van der Waals surface area contributed by atoms with Gasteiger partial charge in [0.2, 0.25) is 5.91 Å². The number of rotatable bonds is 3. The number of aromatic nitrogens is 1. The first kappa shape index (κ1) is 16.7. The molecule has 0 saturated carbocycles. The molecule has 0 atom stereocenters. The Morgan fingerprint density at radius 1 is 1.24 bits per heavy atom. The summed E-state index contributed by atoms with van der Waals surface area (Å²) in [4.78, 5) is 15.8. The maximum absolute atomic E-state index is 11.4. The number of benzene rings is 2. The molecule has 1 heterocycles. The van der Waals surface area contributed by atoms with Crippen LogP contribution in [0.25, 0.3) is 10.9 Å². The van der Waals surface area contributed by atoms with Gasteiger partial charge < -0.3 is 10.6 Å². The van der Waals surface area contributed by atoms with Crippen molar-refractivity contribution in [2.24, 2.45) is 0 Å². The smallest absolute Gasteiger partial charge is 0.221 e. The van der Waals surface area contributed by atoms with Crippen molar-refractivity contribution < 1.29 is 4.79 Å². The number of halogens is 1. The molecular formula is C19H15ClN4O. The Bertz CT molecular complexity index is 1010. The quantitative estimate of drug-likeness (QED) is 0.713. The lowest BCUT2D eigenvalue weighted by molar-refractivity contribution is -0.114. The Morgan fingerprint density at radius 2 is 1.96 bits per heavy atom. The van der Waals surface area contributed by atoms with E-state index in [-0.39, 0.29) is 5.91 Å². The zero-order valence-electron chi connectivity index (χ0n) is 13.7. The number of carbonyl (C=O) groups is 1. The third-order valence-electron chi connectivity index (χ3n) is 3.76. The van der Waals surface area contributed by atoms with Crippen LogP contribution in [0.15, 0.2) is 42.6 Å². The molecule has 3 rings (SSSR count). The van der Waals surface area contributed by atoms with E-state index < -0.39 is 0 Å². The minimum Gasteiger partial charge on any atom is -0.354 e. The molecule has 0 bridgehead atoms. The molecule has 0 unspecified atom stereocenters. The topological polar surface area (TPSA) is 77.8 Å². The van der Waals surface area contributed by atoms with Crippen molar-refractivity contribution in [1.82, 2.24) is 4.98 Å². The fraction of sp³-hybridized carbons (Fsp3) is 0.105. The highest BCUT2D eigenvalue weighted by Crippen LogP contribution is 2.32. The number of nitriles is 1. The predicted octanol–water partition coefficient (Wildman–Crippen LogP) is 4.77. The summed E-state index contributed by atoms with van der Waals surface area (Å²) >= 11 is 5.92. The van der Waals surface area contributed by atoms with Crippen molar-refractivity contribution in [1.29, 1.82) is 5.26 Å². The van der Waals surface area contributed by atoms with Crippen LogP contribution in [0.1, 0.15) is 18.1 Å². The fourth-order valence-corrected chi connectivity index (χ4v) is 2.69. The largest absolute Gasteiger partial charge is 0.354 e. The Morgan fingerprint density at radius 3 is 2.60 bits per heavy atom. The molecule has 0 aliphatic carbocycles. The zero-order chi connectivity index (χ0) is 18.0. The van der Waals surface area contributed by atoms with Gasteiger partial charge >= 0.3 is 0 Å². The molecule has 124 valence electrons. The molecule has 0 aliphatic heterocycles. The van der Waals surface area contributed by atoms with Crippen LogP contribution in [0.4, 0.5) is 17.1 Å². The number of carbonyl (C=O) groups excluding carboxylic acids is 1. The molecule has 1 aromatic heterocycles. The van der Waals surface area contributed by atoms with Gasteiger partial charge in [-0.05, 0) is 48.9 Å². The first-order chi connectivity index (χ1) is 12.0. The van der Waals surface area contributed by atoms with E-state index in [0.29, 0.717) is 22.0 Å². The van der Waals surface area contributed by atoms with Gasteiger partial charge in [0.15, 0.2) is 0 Å². The van der Waals surface area contributed by atoms with Crippen molar-refractivity contribution >= 4 is 45.5 Å². The highest BCUT2D eigenvalue weighted by Gasteiger charge is 2.12. The second kappa shape index (κ2) is 6.80. The van der Waals surface area contributed by atoms with E-state index in [1.54, 1.807) is 12.1 Å². The number of hydrogen-bond acceptors (Lipinski definition) is 4. The number of pyridine rings is 1. The molecule has 25 heavy (non-hydrogen) atoms. The average Bonchev–Trinajstić information content (AvgIpc) is 2.58. The first-order valence-electron chi connectivity index (χ1n) is 7.61. The van der Waals surface area contributed by atoms with Crippen LogP contribution in [0.2, 0.25) is 5.02 Å². The molecule has 0 aliphatic rings. The van der Waals surface area contributed by atoms with Crippen molar-refractivity contribution in [2.75, 3.05) is 10.6 Å². The van der Waals surface area contributed by atoms with Crippen molar-refractivity contribution in [2.45, 2.75) is 13.8 Å². The lowest BCUT2D eigenvalue weighted by Gasteiger charge is -2.14. The monoisotopic (exact) mass is 350 g/mol. The molecule has 1 amide bonds. The van der Waals surface area contributed by atoms with E-state index in [1.807, 2.05) is 31.2 Å². The van der Waals surface area contributed by atoms with Gasteiger partial charge in [-0.15, -0.1) is 0 Å². The average molecular weight is 351 g/mol. The van der Waals surface area contributed by atoms with E-state index in [1.165, 1.54) is 13.1 Å². The summed E-state index contributed by atoms with van der Waals surface area (Å²) in [7, 11) is 0. The number of hydrogen-bond donors (Lipinski definition) is 2. The lowest BCUT2D eigenvalue weighted by Crippen LogP contribution is -2.07. The van der Waals surface area contributed by atoms with Gasteiger partial charge in [0, 0.05) is 34.9 Å². The number of nitrogens with one attached hydrogen (secondary N) is 2. The molecule has 0 saturated heterocycles. The van der Waals surface area contributed by atoms with Crippen molar-refractivity contribution in [3.8, 4) is 6.07 Å². The summed E-state index contributed by atoms with van der Waals surface area (Å²) < 4.78 is 0. The Hall–Kier alpha value is -3.10. The van der Waals surface area contributed by atoms with Crippen LogP contribution < -0.4 is 10.6 Å². The van der Waals surface area contributed by atoms with E-state index in [0.717, 1.165) is 22.2 Å².